The number of hydrogen-bond donors (Lipinski definition) is 4. The first-order valence-electron chi connectivity index (χ1n) is 13.4. The molecule has 2 aliphatic rings. The summed E-state index contributed by atoms with van der Waals surface area (Å²) in [6, 6.07) is 11.0. The number of fused-ring (bicyclic) bond motifs is 2. The molecule has 10 nitrogen and oxygen atoms in total. The number of hydrogen-bond acceptors (Lipinski definition) is 9. The molecule has 0 radical (unpaired) electrons. The van der Waals surface area contributed by atoms with Gasteiger partial charge in [0.2, 0.25) is 0 Å². The lowest BCUT2D eigenvalue weighted by molar-refractivity contribution is -0.187. The van der Waals surface area contributed by atoms with E-state index in [9.17, 15) is 15.0 Å². The summed E-state index contributed by atoms with van der Waals surface area (Å²) in [5, 5.41) is 27.9. The Hall–Kier alpha value is -3.34. The molecule has 1 atom stereocenters. The Kier molecular flexibility index (Phi) is 8.31. The number of pyridine rings is 1. The fourth-order valence-corrected chi connectivity index (χ4v) is 5.12. The zero-order chi connectivity index (χ0) is 26.4. The van der Waals surface area contributed by atoms with Crippen molar-refractivity contribution in [2.45, 2.75) is 50.2 Å². The van der Waals surface area contributed by atoms with Gasteiger partial charge in [0.25, 0.3) is 0 Å². The molecular formula is C28H36N6O4. The van der Waals surface area contributed by atoms with Crippen LogP contribution in [0.3, 0.4) is 0 Å². The predicted octanol–water partition coefficient (Wildman–Crippen LogP) is 2.72. The van der Waals surface area contributed by atoms with E-state index in [1.165, 1.54) is 11.9 Å². The second kappa shape index (κ2) is 12.0. The molecule has 3 aromatic rings. The van der Waals surface area contributed by atoms with Crippen molar-refractivity contribution in [2.24, 2.45) is 0 Å². The largest absolute Gasteiger partial charge is 0.480 e. The zero-order valence-electron chi connectivity index (χ0n) is 21.6. The number of anilines is 2. The number of ether oxygens (including phenoxy) is 1. The van der Waals surface area contributed by atoms with Crippen molar-refractivity contribution in [3.05, 3.63) is 54.0 Å². The molecule has 5 rings (SSSR count). The first-order chi connectivity index (χ1) is 18.5. The number of aromatic nitrogens is 3. The first kappa shape index (κ1) is 26.3. The molecule has 4 N–H and O–H groups in total. The number of carboxylic acids is 1. The third-order valence-corrected chi connectivity index (χ3v) is 7.25. The molecule has 1 saturated heterocycles. The van der Waals surface area contributed by atoms with Crippen LogP contribution in [0.5, 0.6) is 0 Å². The number of aliphatic hydroxyl groups is 1. The molecule has 202 valence electrons. The monoisotopic (exact) mass is 520 g/mol. The number of carboxylic acid groups (broad SMARTS) is 1. The molecule has 2 aromatic heterocycles. The molecule has 0 spiro atoms. The lowest BCUT2D eigenvalue weighted by Crippen LogP contribution is -2.57. The molecule has 1 fully saturated rings. The van der Waals surface area contributed by atoms with Crippen LogP contribution in [0.2, 0.25) is 0 Å². The van der Waals surface area contributed by atoms with Crippen LogP contribution >= 0.6 is 0 Å². The van der Waals surface area contributed by atoms with Crippen LogP contribution in [0.1, 0.15) is 36.9 Å². The molecule has 0 saturated carbocycles. The molecule has 2 aliphatic heterocycles. The average molecular weight is 521 g/mol. The van der Waals surface area contributed by atoms with Gasteiger partial charge >= 0.3 is 5.97 Å². The van der Waals surface area contributed by atoms with Gasteiger partial charge in [-0.15, -0.1) is 0 Å². The van der Waals surface area contributed by atoms with E-state index in [-0.39, 0.29) is 0 Å². The van der Waals surface area contributed by atoms with Crippen molar-refractivity contribution >= 4 is 28.5 Å². The predicted molar refractivity (Wildman–Crippen MR) is 145 cm³/mol. The number of nitrogens with zero attached hydrogens (tertiary/aromatic N) is 4. The summed E-state index contributed by atoms with van der Waals surface area (Å²) in [6.07, 6.45) is 6.80. The summed E-state index contributed by atoms with van der Waals surface area (Å²) >= 11 is 0. The Labute approximate surface area is 222 Å². The van der Waals surface area contributed by atoms with Crippen LogP contribution in [-0.2, 0) is 22.4 Å². The highest BCUT2D eigenvalue weighted by Crippen LogP contribution is 2.23. The van der Waals surface area contributed by atoms with Crippen LogP contribution in [0.15, 0.2) is 42.7 Å². The number of unbranched alkanes of at least 4 members (excludes halogenated alkanes) is 1. The standard InChI is InChI=1S/C28H36N6O4/c35-27(36)24(33-26-22-8-1-2-9-23(22)30-19-31-26)12-15-34(16-28(37)17-38-18-28)14-4-3-7-21-11-10-20-6-5-13-29-25(20)32-21/h1-2,8-11,19,24,37H,3-7,12-18H2,(H,29,32)(H,35,36)(H,30,31,33)/t24-/m0/s1. The quantitative estimate of drug-likeness (QED) is 0.249. The van der Waals surface area contributed by atoms with E-state index in [1.54, 1.807) is 0 Å². The zero-order valence-corrected chi connectivity index (χ0v) is 21.6. The lowest BCUT2D eigenvalue weighted by Gasteiger charge is -2.40. The van der Waals surface area contributed by atoms with Gasteiger partial charge in [0.05, 0.1) is 18.7 Å². The first-order valence-corrected chi connectivity index (χ1v) is 13.4. The molecule has 38 heavy (non-hydrogen) atoms. The third-order valence-electron chi connectivity index (χ3n) is 7.25. The van der Waals surface area contributed by atoms with Crippen molar-refractivity contribution in [3.8, 4) is 0 Å². The van der Waals surface area contributed by atoms with E-state index >= 15 is 0 Å². The van der Waals surface area contributed by atoms with Gasteiger partial charge in [-0.05, 0) is 68.8 Å². The highest BCUT2D eigenvalue weighted by Gasteiger charge is 2.37. The number of nitrogens with one attached hydrogen (secondary N) is 2. The summed E-state index contributed by atoms with van der Waals surface area (Å²) in [5.41, 5.74) is 2.26. The van der Waals surface area contributed by atoms with Gasteiger partial charge in [-0.2, -0.15) is 0 Å². The van der Waals surface area contributed by atoms with Gasteiger partial charge in [0, 0.05) is 30.7 Å². The van der Waals surface area contributed by atoms with Crippen molar-refractivity contribution < 1.29 is 19.7 Å². The number of para-hydroxylation sites is 1. The minimum absolute atomic E-state index is 0.309. The maximum atomic E-state index is 12.1. The number of carbonyl (C=O) groups is 1. The van der Waals surface area contributed by atoms with Gasteiger partial charge < -0.3 is 30.5 Å². The van der Waals surface area contributed by atoms with E-state index < -0.39 is 17.6 Å². The summed E-state index contributed by atoms with van der Waals surface area (Å²) in [6.45, 7) is 3.33. The van der Waals surface area contributed by atoms with Gasteiger partial charge in [0.15, 0.2) is 0 Å². The van der Waals surface area contributed by atoms with Crippen LogP contribution in [-0.4, -0.2) is 87.1 Å². The van der Waals surface area contributed by atoms with Crippen LogP contribution < -0.4 is 10.6 Å². The highest BCUT2D eigenvalue weighted by molar-refractivity contribution is 5.90. The van der Waals surface area contributed by atoms with Gasteiger partial charge in [-0.3, -0.25) is 0 Å². The maximum Gasteiger partial charge on any atom is 0.326 e. The topological polar surface area (TPSA) is 133 Å². The minimum atomic E-state index is -0.939. The Morgan fingerprint density at radius 3 is 2.84 bits per heavy atom. The maximum absolute atomic E-state index is 12.1. The number of benzene rings is 1. The number of aryl methyl sites for hydroxylation is 2. The van der Waals surface area contributed by atoms with Crippen LogP contribution in [0.4, 0.5) is 11.6 Å². The fraction of sp³-hybridized carbons (Fsp3) is 0.500. The SMILES string of the molecule is O=C(O)[C@H](CCN(CCCCc1ccc2c(n1)NCCC2)CC1(O)COC1)Nc1ncnc2ccccc12. The Bertz CT molecular complexity index is 1250. The Balaban J connectivity index is 1.17. The number of rotatable bonds is 13. The molecule has 10 heteroatoms. The van der Waals surface area contributed by atoms with Crippen molar-refractivity contribution in [2.75, 3.05) is 50.0 Å². The molecule has 1 aromatic carbocycles. The Morgan fingerprint density at radius 2 is 2.03 bits per heavy atom. The molecule has 0 unspecified atom stereocenters. The van der Waals surface area contributed by atoms with Gasteiger partial charge in [-0.25, -0.2) is 19.7 Å². The summed E-state index contributed by atoms with van der Waals surface area (Å²) < 4.78 is 5.24. The lowest BCUT2D eigenvalue weighted by atomic mass is 10.0. The van der Waals surface area contributed by atoms with E-state index in [2.05, 4.69) is 37.6 Å². The molecule has 4 heterocycles. The van der Waals surface area contributed by atoms with Gasteiger partial charge in [0.1, 0.15) is 29.6 Å². The summed E-state index contributed by atoms with van der Waals surface area (Å²) in [7, 11) is 0. The molecule has 0 aliphatic carbocycles. The van der Waals surface area contributed by atoms with E-state index in [0.717, 1.165) is 67.6 Å². The molecule has 0 bridgehead atoms. The second-order valence-electron chi connectivity index (χ2n) is 10.4. The van der Waals surface area contributed by atoms with Crippen LogP contribution in [0.25, 0.3) is 10.9 Å². The highest BCUT2D eigenvalue weighted by atomic mass is 16.5. The van der Waals surface area contributed by atoms with Crippen LogP contribution in [0, 0.1) is 0 Å². The number of aliphatic carboxylic acids is 1. The van der Waals surface area contributed by atoms with Gasteiger partial charge in [-0.1, -0.05) is 18.2 Å². The Morgan fingerprint density at radius 1 is 1.16 bits per heavy atom. The minimum Gasteiger partial charge on any atom is -0.480 e. The molecular weight excluding hydrogens is 484 g/mol. The van der Waals surface area contributed by atoms with E-state index in [0.29, 0.717) is 38.5 Å². The summed E-state index contributed by atoms with van der Waals surface area (Å²) in [5.74, 6) is 0.587. The van der Waals surface area contributed by atoms with E-state index in [1.807, 2.05) is 24.3 Å². The van der Waals surface area contributed by atoms with E-state index in [4.69, 9.17) is 9.72 Å². The van der Waals surface area contributed by atoms with Crippen molar-refractivity contribution in [3.63, 3.8) is 0 Å². The second-order valence-corrected chi connectivity index (χ2v) is 10.4. The normalized spacial score (nSPS) is 16.9. The van der Waals surface area contributed by atoms with Crippen molar-refractivity contribution in [1.29, 1.82) is 0 Å². The van der Waals surface area contributed by atoms with Crippen molar-refractivity contribution in [1.82, 2.24) is 19.9 Å². The third kappa shape index (κ3) is 6.56. The average Bonchev–Trinajstić information content (AvgIpc) is 2.92. The summed E-state index contributed by atoms with van der Waals surface area (Å²) in [4.78, 5) is 27.6. The fourth-order valence-electron chi connectivity index (χ4n) is 5.12. The molecule has 0 amide bonds. The smallest absolute Gasteiger partial charge is 0.326 e.